The van der Waals surface area contributed by atoms with Gasteiger partial charge in [0.1, 0.15) is 0 Å². The van der Waals surface area contributed by atoms with E-state index in [0.29, 0.717) is 12.3 Å². The minimum absolute atomic E-state index is 0.281. The molecule has 0 saturated heterocycles. The van der Waals surface area contributed by atoms with Crippen LogP contribution in [0, 0.1) is 5.92 Å². The highest BCUT2D eigenvalue weighted by Gasteiger charge is 2.03. The molecule has 0 N–H and O–H groups in total. The Balaban J connectivity index is 3.97. The number of Topliss-reactive ketones (excluding diaryl/α,β-unsaturated/α-hetero) is 1. The van der Waals surface area contributed by atoms with Crippen LogP contribution >= 0.6 is 0 Å². The number of carbonyl (C=O) groups is 1. The van der Waals surface area contributed by atoms with Crippen LogP contribution in [0.5, 0.6) is 0 Å². The standard InChI is InChI=1S/C12H22O/c1-5-7-8-10(3)9-11(4)12(13)6-2/h9-10H,5-8H2,1-4H3/b11-9+/t10-/m0/s1. The first kappa shape index (κ1) is 12.4. The van der Waals surface area contributed by atoms with E-state index in [9.17, 15) is 4.79 Å². The number of unbranched alkanes of at least 4 members (excludes halogenated alkanes) is 1. The average Bonchev–Trinajstić information content (AvgIpc) is 2.13. The van der Waals surface area contributed by atoms with Crippen LogP contribution in [-0.2, 0) is 4.79 Å². The van der Waals surface area contributed by atoms with Crippen molar-refractivity contribution in [2.75, 3.05) is 0 Å². The summed E-state index contributed by atoms with van der Waals surface area (Å²) in [5.74, 6) is 0.832. The lowest BCUT2D eigenvalue weighted by Gasteiger charge is -2.06. The molecule has 13 heavy (non-hydrogen) atoms. The zero-order chi connectivity index (χ0) is 10.3. The van der Waals surface area contributed by atoms with Gasteiger partial charge in [-0.1, -0.05) is 39.7 Å². The van der Waals surface area contributed by atoms with Crippen molar-refractivity contribution in [1.82, 2.24) is 0 Å². The second-order valence-electron chi connectivity index (χ2n) is 3.75. The van der Waals surface area contributed by atoms with Gasteiger partial charge < -0.3 is 0 Å². The number of allylic oxidation sites excluding steroid dienone is 2. The Labute approximate surface area is 82.2 Å². The van der Waals surface area contributed by atoms with Crippen molar-refractivity contribution in [2.45, 2.75) is 53.4 Å². The van der Waals surface area contributed by atoms with Crippen LogP contribution in [0.2, 0.25) is 0 Å². The van der Waals surface area contributed by atoms with Crippen LogP contribution in [0.3, 0.4) is 0 Å². The van der Waals surface area contributed by atoms with Crippen molar-refractivity contribution in [2.24, 2.45) is 5.92 Å². The maximum absolute atomic E-state index is 11.3. The van der Waals surface area contributed by atoms with Crippen LogP contribution in [0.25, 0.3) is 0 Å². The van der Waals surface area contributed by atoms with Crippen molar-refractivity contribution < 1.29 is 4.79 Å². The highest BCUT2D eigenvalue weighted by Crippen LogP contribution is 2.12. The molecule has 0 saturated carbocycles. The topological polar surface area (TPSA) is 17.1 Å². The number of carbonyl (C=O) groups excluding carboxylic acids is 1. The minimum Gasteiger partial charge on any atom is -0.295 e. The van der Waals surface area contributed by atoms with Gasteiger partial charge in [0.25, 0.3) is 0 Å². The quantitative estimate of drug-likeness (QED) is 0.572. The molecule has 0 unspecified atom stereocenters. The maximum atomic E-state index is 11.3. The van der Waals surface area contributed by atoms with Gasteiger partial charge in [0.05, 0.1) is 0 Å². The predicted octanol–water partition coefficient (Wildman–Crippen LogP) is 3.74. The van der Waals surface area contributed by atoms with Crippen molar-refractivity contribution >= 4 is 5.78 Å². The van der Waals surface area contributed by atoms with Gasteiger partial charge in [-0.15, -0.1) is 0 Å². The largest absolute Gasteiger partial charge is 0.295 e. The molecule has 0 aromatic carbocycles. The Hall–Kier alpha value is -0.590. The lowest BCUT2D eigenvalue weighted by Crippen LogP contribution is -2.00. The van der Waals surface area contributed by atoms with E-state index in [0.717, 1.165) is 5.57 Å². The Bertz CT molecular complexity index is 180. The van der Waals surface area contributed by atoms with Gasteiger partial charge in [-0.3, -0.25) is 4.79 Å². The first-order valence-corrected chi connectivity index (χ1v) is 5.33. The molecule has 0 heterocycles. The van der Waals surface area contributed by atoms with Gasteiger partial charge >= 0.3 is 0 Å². The molecule has 0 aliphatic rings. The molecule has 0 fully saturated rings. The van der Waals surface area contributed by atoms with E-state index in [1.54, 1.807) is 0 Å². The fraction of sp³-hybridized carbons (Fsp3) is 0.750. The van der Waals surface area contributed by atoms with Crippen LogP contribution in [-0.4, -0.2) is 5.78 Å². The third-order valence-electron chi connectivity index (χ3n) is 2.31. The fourth-order valence-corrected chi connectivity index (χ4v) is 1.41. The summed E-state index contributed by atoms with van der Waals surface area (Å²) in [6.07, 6.45) is 6.43. The Morgan fingerprint density at radius 1 is 1.38 bits per heavy atom. The van der Waals surface area contributed by atoms with Gasteiger partial charge in [-0.25, -0.2) is 0 Å². The smallest absolute Gasteiger partial charge is 0.157 e. The van der Waals surface area contributed by atoms with E-state index in [1.165, 1.54) is 19.3 Å². The van der Waals surface area contributed by atoms with Crippen molar-refractivity contribution in [3.8, 4) is 0 Å². The normalized spacial score (nSPS) is 14.3. The highest BCUT2D eigenvalue weighted by atomic mass is 16.1. The highest BCUT2D eigenvalue weighted by molar-refractivity contribution is 5.94. The summed E-state index contributed by atoms with van der Waals surface area (Å²) in [5, 5.41) is 0. The van der Waals surface area contributed by atoms with Crippen LogP contribution < -0.4 is 0 Å². The molecule has 0 radical (unpaired) electrons. The summed E-state index contributed by atoms with van der Waals surface area (Å²) in [7, 11) is 0. The average molecular weight is 182 g/mol. The second kappa shape index (κ2) is 6.88. The molecule has 0 aromatic rings. The van der Waals surface area contributed by atoms with Crippen LogP contribution in [0.4, 0.5) is 0 Å². The third kappa shape index (κ3) is 5.62. The lowest BCUT2D eigenvalue weighted by atomic mass is 9.99. The molecule has 76 valence electrons. The monoisotopic (exact) mass is 182 g/mol. The SMILES string of the molecule is CCCC[C@H](C)/C=C(\C)C(=O)CC. The second-order valence-corrected chi connectivity index (χ2v) is 3.75. The predicted molar refractivity (Wildman–Crippen MR) is 57.7 cm³/mol. The molecular weight excluding hydrogens is 160 g/mol. The van der Waals surface area contributed by atoms with Crippen molar-refractivity contribution in [3.05, 3.63) is 11.6 Å². The number of hydrogen-bond acceptors (Lipinski definition) is 1. The van der Waals surface area contributed by atoms with Crippen LogP contribution in [0.15, 0.2) is 11.6 Å². The van der Waals surface area contributed by atoms with Gasteiger partial charge in [-0.2, -0.15) is 0 Å². The summed E-state index contributed by atoms with van der Waals surface area (Å²) in [5.41, 5.74) is 0.936. The molecular formula is C12H22O. The summed E-state index contributed by atoms with van der Waals surface area (Å²) >= 11 is 0. The van der Waals surface area contributed by atoms with Crippen LogP contribution in [0.1, 0.15) is 53.4 Å². The number of hydrogen-bond donors (Lipinski definition) is 0. The molecule has 0 aromatic heterocycles. The van der Waals surface area contributed by atoms with Gasteiger partial charge in [0.15, 0.2) is 5.78 Å². The molecule has 1 heteroatoms. The molecule has 1 atom stereocenters. The number of ketones is 1. The summed E-state index contributed by atoms with van der Waals surface area (Å²) < 4.78 is 0. The summed E-state index contributed by atoms with van der Waals surface area (Å²) in [4.78, 5) is 11.3. The van der Waals surface area contributed by atoms with Gasteiger partial charge in [0.2, 0.25) is 0 Å². The van der Waals surface area contributed by atoms with Crippen molar-refractivity contribution in [3.63, 3.8) is 0 Å². The van der Waals surface area contributed by atoms with E-state index < -0.39 is 0 Å². The Kier molecular flexibility index (Phi) is 6.56. The zero-order valence-electron chi connectivity index (χ0n) is 9.39. The van der Waals surface area contributed by atoms with E-state index >= 15 is 0 Å². The molecule has 0 aliphatic carbocycles. The number of rotatable bonds is 6. The molecule has 1 nitrogen and oxygen atoms in total. The van der Waals surface area contributed by atoms with Gasteiger partial charge in [0, 0.05) is 6.42 Å². The molecule has 0 bridgehead atoms. The molecule has 0 amide bonds. The molecule has 0 spiro atoms. The van der Waals surface area contributed by atoms with E-state index in [2.05, 4.69) is 19.9 Å². The van der Waals surface area contributed by atoms with Gasteiger partial charge in [-0.05, 0) is 24.8 Å². The first-order chi connectivity index (χ1) is 6.11. The summed E-state index contributed by atoms with van der Waals surface area (Å²) in [6.45, 7) is 8.22. The molecule has 0 aliphatic heterocycles. The third-order valence-corrected chi connectivity index (χ3v) is 2.31. The van der Waals surface area contributed by atoms with E-state index in [1.807, 2.05) is 13.8 Å². The maximum Gasteiger partial charge on any atom is 0.157 e. The minimum atomic E-state index is 0.281. The van der Waals surface area contributed by atoms with E-state index in [4.69, 9.17) is 0 Å². The Morgan fingerprint density at radius 2 is 2.00 bits per heavy atom. The molecule has 0 rings (SSSR count). The summed E-state index contributed by atoms with van der Waals surface area (Å²) in [6, 6.07) is 0. The van der Waals surface area contributed by atoms with Crippen molar-refractivity contribution in [1.29, 1.82) is 0 Å². The van der Waals surface area contributed by atoms with E-state index in [-0.39, 0.29) is 5.78 Å². The fourth-order valence-electron chi connectivity index (χ4n) is 1.41. The first-order valence-electron chi connectivity index (χ1n) is 5.33. The Morgan fingerprint density at radius 3 is 2.46 bits per heavy atom. The lowest BCUT2D eigenvalue weighted by molar-refractivity contribution is -0.115. The zero-order valence-corrected chi connectivity index (χ0v) is 9.39.